The van der Waals surface area contributed by atoms with Crippen LogP contribution in [0.5, 0.6) is 0 Å². The van der Waals surface area contributed by atoms with Crippen LogP contribution in [0.4, 0.5) is 18.0 Å². The number of Topliss-reactive ketones (excluding diaryl/α,β-unsaturated/α-hetero) is 1. The van der Waals surface area contributed by atoms with Crippen LogP contribution in [0.3, 0.4) is 0 Å². The number of hydrogen-bond donors (Lipinski definition) is 0. The van der Waals surface area contributed by atoms with Gasteiger partial charge in [0.2, 0.25) is 0 Å². The van der Waals surface area contributed by atoms with Gasteiger partial charge in [-0.2, -0.15) is 13.2 Å². The highest BCUT2D eigenvalue weighted by atomic mass is 19.4. The van der Waals surface area contributed by atoms with Gasteiger partial charge in [0, 0.05) is 31.2 Å². The minimum absolute atomic E-state index is 0.0150. The van der Waals surface area contributed by atoms with Crippen molar-refractivity contribution in [2.45, 2.75) is 38.1 Å². The third-order valence-electron chi connectivity index (χ3n) is 5.47. The van der Waals surface area contributed by atoms with Crippen molar-refractivity contribution in [2.75, 3.05) is 6.54 Å². The molecule has 0 radical (unpaired) electrons. The van der Waals surface area contributed by atoms with E-state index < -0.39 is 35.7 Å². The van der Waals surface area contributed by atoms with E-state index >= 15 is 0 Å². The van der Waals surface area contributed by atoms with Crippen molar-refractivity contribution in [3.8, 4) is 0 Å². The molecule has 8 heteroatoms. The van der Waals surface area contributed by atoms with Gasteiger partial charge >= 0.3 is 12.3 Å². The summed E-state index contributed by atoms with van der Waals surface area (Å²) in [6.45, 7) is 0.139. The highest BCUT2D eigenvalue weighted by molar-refractivity contribution is 5.86. The quantitative estimate of drug-likeness (QED) is 0.668. The van der Waals surface area contributed by atoms with Crippen molar-refractivity contribution in [3.05, 3.63) is 59.7 Å². The van der Waals surface area contributed by atoms with Crippen LogP contribution in [-0.2, 0) is 20.9 Å². The molecule has 0 aromatic heterocycles. The molecule has 3 rings (SSSR count). The van der Waals surface area contributed by atoms with E-state index in [4.69, 9.17) is 4.74 Å². The monoisotopic (exact) mass is 421 g/mol. The summed E-state index contributed by atoms with van der Waals surface area (Å²) in [5.41, 5.74) is 0.0290. The lowest BCUT2D eigenvalue weighted by Gasteiger charge is -2.43. The van der Waals surface area contributed by atoms with Crippen LogP contribution < -0.4 is 0 Å². The second-order valence-corrected chi connectivity index (χ2v) is 7.37. The van der Waals surface area contributed by atoms with Crippen molar-refractivity contribution < 1.29 is 32.3 Å². The van der Waals surface area contributed by atoms with E-state index in [1.165, 1.54) is 11.0 Å². The van der Waals surface area contributed by atoms with E-state index in [0.29, 0.717) is 6.29 Å². The van der Waals surface area contributed by atoms with Crippen LogP contribution in [-0.4, -0.2) is 41.8 Å². The maximum absolute atomic E-state index is 12.9. The van der Waals surface area contributed by atoms with Crippen molar-refractivity contribution >= 4 is 18.2 Å². The molecule has 0 bridgehead atoms. The first kappa shape index (κ1) is 21.8. The van der Waals surface area contributed by atoms with Crippen LogP contribution in [0.25, 0.3) is 0 Å². The Bertz CT molecular complexity index is 848. The van der Waals surface area contributed by atoms with Gasteiger partial charge in [-0.1, -0.05) is 48.6 Å². The average molecular weight is 421 g/mol. The summed E-state index contributed by atoms with van der Waals surface area (Å²) in [7, 11) is 0. The lowest BCUT2D eigenvalue weighted by atomic mass is 9.76. The van der Waals surface area contributed by atoms with E-state index in [9.17, 15) is 27.6 Å². The number of halogens is 3. The molecule has 1 heterocycles. The maximum atomic E-state index is 12.9. The number of allylic oxidation sites excluding steroid dienone is 3. The summed E-state index contributed by atoms with van der Waals surface area (Å²) >= 11 is 0. The molecule has 5 nitrogen and oxygen atoms in total. The lowest BCUT2D eigenvalue weighted by Crippen LogP contribution is -2.55. The van der Waals surface area contributed by atoms with Crippen LogP contribution in [0.1, 0.15) is 24.8 Å². The van der Waals surface area contributed by atoms with E-state index in [0.717, 1.165) is 17.7 Å². The Hall–Kier alpha value is -2.90. The topological polar surface area (TPSA) is 63.7 Å². The summed E-state index contributed by atoms with van der Waals surface area (Å²) in [6.07, 6.45) is -1.08. The zero-order valence-corrected chi connectivity index (χ0v) is 16.2. The molecule has 1 saturated heterocycles. The summed E-state index contributed by atoms with van der Waals surface area (Å²) in [4.78, 5) is 37.8. The van der Waals surface area contributed by atoms with Gasteiger partial charge in [-0.05, 0) is 12.0 Å². The van der Waals surface area contributed by atoms with Gasteiger partial charge in [0.25, 0.3) is 0 Å². The zero-order chi connectivity index (χ0) is 21.7. The molecule has 2 aliphatic rings. The second-order valence-electron chi connectivity index (χ2n) is 7.37. The van der Waals surface area contributed by atoms with Gasteiger partial charge in [-0.25, -0.2) is 4.79 Å². The largest absolute Gasteiger partial charge is 0.445 e. The molecule has 1 unspecified atom stereocenters. The van der Waals surface area contributed by atoms with E-state index in [-0.39, 0.29) is 38.2 Å². The van der Waals surface area contributed by atoms with Crippen molar-refractivity contribution in [1.29, 1.82) is 0 Å². The standard InChI is InChI=1S/C22H22F3NO4/c23-22(24,25)17-8-6-16(7-9-17)20-18(11-13-27)19(28)10-12-26(20)21(29)30-14-15-4-2-1-3-5-15/h1-6,8-9,13,16,18,20H,7,10-12,14H2/t16?,18-,20+/m1/s1. The summed E-state index contributed by atoms with van der Waals surface area (Å²) < 4.78 is 44.2. The fraction of sp³-hybridized carbons (Fsp3) is 0.409. The number of ketones is 1. The number of carbonyl (C=O) groups is 3. The Morgan fingerprint density at radius 2 is 1.97 bits per heavy atom. The molecule has 1 aliphatic carbocycles. The van der Waals surface area contributed by atoms with Crippen molar-refractivity contribution in [2.24, 2.45) is 11.8 Å². The number of amides is 1. The third-order valence-corrected chi connectivity index (χ3v) is 5.47. The highest BCUT2D eigenvalue weighted by Crippen LogP contribution is 2.37. The molecule has 1 aromatic rings. The van der Waals surface area contributed by atoms with Crippen LogP contribution in [0.15, 0.2) is 54.1 Å². The van der Waals surface area contributed by atoms with Gasteiger partial charge < -0.3 is 14.4 Å². The lowest BCUT2D eigenvalue weighted by molar-refractivity contribution is -0.131. The number of ether oxygens (including phenoxy) is 1. The SMILES string of the molecule is O=CC[C@@H]1C(=O)CCN(C(=O)OCc2ccccc2)[C@H]1C1C=CC(C(F)(F)F)=CC1. The Balaban J connectivity index is 1.79. The normalized spacial score (nSPS) is 24.4. The first-order chi connectivity index (χ1) is 14.3. The fourth-order valence-corrected chi connectivity index (χ4v) is 3.99. The number of nitrogens with zero attached hydrogens (tertiary/aromatic N) is 1. The number of hydrogen-bond acceptors (Lipinski definition) is 4. The summed E-state index contributed by atoms with van der Waals surface area (Å²) in [5.74, 6) is -1.45. The molecule has 3 atom stereocenters. The van der Waals surface area contributed by atoms with Crippen LogP contribution in [0, 0.1) is 11.8 Å². The molecule has 1 fully saturated rings. The van der Waals surface area contributed by atoms with E-state index in [2.05, 4.69) is 0 Å². The van der Waals surface area contributed by atoms with Gasteiger partial charge in [0.1, 0.15) is 18.7 Å². The van der Waals surface area contributed by atoms with Gasteiger partial charge in [-0.3, -0.25) is 4.79 Å². The number of rotatable bonds is 5. The molecule has 1 aromatic carbocycles. The number of carbonyl (C=O) groups excluding carboxylic acids is 3. The molecule has 1 aliphatic heterocycles. The number of benzene rings is 1. The number of likely N-dealkylation sites (tertiary alicyclic amines) is 1. The highest BCUT2D eigenvalue weighted by Gasteiger charge is 2.44. The zero-order valence-electron chi connectivity index (χ0n) is 16.2. The molecule has 0 N–H and O–H groups in total. The molecule has 1 amide bonds. The fourth-order valence-electron chi connectivity index (χ4n) is 3.99. The molecule has 30 heavy (non-hydrogen) atoms. The average Bonchev–Trinajstić information content (AvgIpc) is 2.73. The molecular weight excluding hydrogens is 399 g/mol. The van der Waals surface area contributed by atoms with Gasteiger partial charge in [-0.15, -0.1) is 0 Å². The number of alkyl halides is 3. The molecule has 0 saturated carbocycles. The van der Waals surface area contributed by atoms with Crippen LogP contribution in [0.2, 0.25) is 0 Å². The van der Waals surface area contributed by atoms with E-state index in [1.54, 1.807) is 12.1 Å². The Morgan fingerprint density at radius 1 is 1.23 bits per heavy atom. The first-order valence-electron chi connectivity index (χ1n) is 9.70. The third kappa shape index (κ3) is 4.98. The smallest absolute Gasteiger partial charge is 0.416 e. The minimum atomic E-state index is -4.46. The molecule has 160 valence electrons. The number of piperidine rings is 1. The van der Waals surface area contributed by atoms with Crippen molar-refractivity contribution in [3.63, 3.8) is 0 Å². The Morgan fingerprint density at radius 3 is 2.57 bits per heavy atom. The van der Waals surface area contributed by atoms with Gasteiger partial charge in [0.05, 0.1) is 11.6 Å². The van der Waals surface area contributed by atoms with Gasteiger partial charge in [0.15, 0.2) is 0 Å². The summed E-state index contributed by atoms with van der Waals surface area (Å²) in [6, 6.07) is 8.31. The number of aldehydes is 1. The Kier molecular flexibility index (Phi) is 6.74. The molecular formula is C22H22F3NO4. The van der Waals surface area contributed by atoms with Crippen LogP contribution >= 0.6 is 0 Å². The molecule has 0 spiro atoms. The summed E-state index contributed by atoms with van der Waals surface area (Å²) in [5, 5.41) is 0. The minimum Gasteiger partial charge on any atom is -0.445 e. The van der Waals surface area contributed by atoms with Crippen molar-refractivity contribution in [1.82, 2.24) is 4.90 Å². The van der Waals surface area contributed by atoms with E-state index in [1.807, 2.05) is 18.2 Å². The Labute approximate surface area is 172 Å². The predicted octanol–water partition coefficient (Wildman–Crippen LogP) is 4.24. The predicted molar refractivity (Wildman–Crippen MR) is 102 cm³/mol. The first-order valence-corrected chi connectivity index (χ1v) is 9.70. The maximum Gasteiger partial charge on any atom is 0.416 e. The second kappa shape index (κ2) is 9.28.